The summed E-state index contributed by atoms with van der Waals surface area (Å²) in [5.74, 6) is -1.50. The van der Waals surface area contributed by atoms with Crippen LogP contribution in [0.25, 0.3) is 0 Å². The Hall–Kier alpha value is -4.02. The third-order valence-electron chi connectivity index (χ3n) is 6.89. The zero-order valence-corrected chi connectivity index (χ0v) is 26.3. The number of hydrogen-bond acceptors (Lipinski definition) is 4. The van der Waals surface area contributed by atoms with E-state index in [0.717, 1.165) is 37.6 Å². The van der Waals surface area contributed by atoms with Crippen LogP contribution < -0.4 is 9.62 Å². The second kappa shape index (κ2) is 14.4. The van der Waals surface area contributed by atoms with Gasteiger partial charge in [-0.15, -0.1) is 0 Å². The lowest BCUT2D eigenvalue weighted by Crippen LogP contribution is -2.53. The van der Waals surface area contributed by atoms with Crippen molar-refractivity contribution in [1.29, 1.82) is 0 Å². The standard InChI is InChI=1S/C33H33BrFN3O4S/c1-3-36-33(40)31(21-25-7-5-4-6-8-25)37(22-26-11-13-27(34)14-12-26)32(39)23-38(29-17-9-24(2)10-18-29)43(41,42)30-19-15-28(35)16-20-30/h4-20,31H,3,21-23H2,1-2H3,(H,36,40)/t31-/m1/s1. The van der Waals surface area contributed by atoms with Crippen LogP contribution >= 0.6 is 15.9 Å². The minimum absolute atomic E-state index is 0.0685. The van der Waals surface area contributed by atoms with Gasteiger partial charge in [-0.1, -0.05) is 76.1 Å². The molecule has 1 N–H and O–H groups in total. The summed E-state index contributed by atoms with van der Waals surface area (Å²) >= 11 is 3.43. The zero-order chi connectivity index (χ0) is 31.0. The van der Waals surface area contributed by atoms with Crippen molar-refractivity contribution in [2.75, 3.05) is 17.4 Å². The Balaban J connectivity index is 1.78. The number of carbonyl (C=O) groups excluding carboxylic acids is 2. The first kappa shape index (κ1) is 31.9. The Morgan fingerprint density at radius 3 is 2.09 bits per heavy atom. The summed E-state index contributed by atoms with van der Waals surface area (Å²) in [6, 6.07) is 27.0. The summed E-state index contributed by atoms with van der Waals surface area (Å²) in [5.41, 5.74) is 2.79. The number of nitrogens with zero attached hydrogens (tertiary/aromatic N) is 2. The molecule has 0 saturated carbocycles. The number of aryl methyl sites for hydroxylation is 1. The van der Waals surface area contributed by atoms with Gasteiger partial charge in [0.05, 0.1) is 10.6 Å². The van der Waals surface area contributed by atoms with Gasteiger partial charge in [0.25, 0.3) is 10.0 Å². The number of rotatable bonds is 12. The van der Waals surface area contributed by atoms with Gasteiger partial charge in [-0.2, -0.15) is 0 Å². The predicted octanol–water partition coefficient (Wildman–Crippen LogP) is 5.87. The Bertz CT molecular complexity index is 1630. The number of anilines is 1. The second-order valence-electron chi connectivity index (χ2n) is 10.0. The van der Waals surface area contributed by atoms with Crippen LogP contribution in [0.4, 0.5) is 10.1 Å². The molecule has 0 heterocycles. The fourth-order valence-corrected chi connectivity index (χ4v) is 6.28. The minimum atomic E-state index is -4.29. The number of carbonyl (C=O) groups is 2. The number of sulfonamides is 1. The van der Waals surface area contributed by atoms with Gasteiger partial charge >= 0.3 is 0 Å². The van der Waals surface area contributed by atoms with Crippen molar-refractivity contribution < 1.29 is 22.4 Å². The molecule has 4 aromatic rings. The fourth-order valence-electron chi connectivity index (χ4n) is 4.61. The molecule has 2 amide bonds. The summed E-state index contributed by atoms with van der Waals surface area (Å²) in [5, 5.41) is 2.84. The van der Waals surface area contributed by atoms with Crippen molar-refractivity contribution in [2.24, 2.45) is 0 Å². The van der Waals surface area contributed by atoms with Crippen molar-refractivity contribution in [3.63, 3.8) is 0 Å². The second-order valence-corrected chi connectivity index (χ2v) is 12.8. The van der Waals surface area contributed by atoms with Crippen LogP contribution in [-0.2, 0) is 32.6 Å². The highest BCUT2D eigenvalue weighted by molar-refractivity contribution is 9.10. The summed E-state index contributed by atoms with van der Waals surface area (Å²) in [7, 11) is -4.29. The molecule has 224 valence electrons. The Morgan fingerprint density at radius 1 is 0.860 bits per heavy atom. The summed E-state index contributed by atoms with van der Waals surface area (Å²) < 4.78 is 43.4. The van der Waals surface area contributed by atoms with Crippen LogP contribution in [0.5, 0.6) is 0 Å². The van der Waals surface area contributed by atoms with E-state index < -0.39 is 34.3 Å². The van der Waals surface area contributed by atoms with Crippen LogP contribution in [0.1, 0.15) is 23.6 Å². The van der Waals surface area contributed by atoms with Crippen LogP contribution in [-0.4, -0.2) is 44.3 Å². The first-order chi connectivity index (χ1) is 20.6. The van der Waals surface area contributed by atoms with Crippen LogP contribution in [0.2, 0.25) is 0 Å². The molecule has 4 rings (SSSR count). The Labute approximate surface area is 260 Å². The topological polar surface area (TPSA) is 86.8 Å². The molecular formula is C33H33BrFN3O4S. The summed E-state index contributed by atoms with van der Waals surface area (Å²) in [6.07, 6.45) is 0.226. The van der Waals surface area contributed by atoms with E-state index >= 15 is 0 Å². The molecule has 0 aliphatic carbocycles. The number of hydrogen-bond donors (Lipinski definition) is 1. The molecule has 43 heavy (non-hydrogen) atoms. The molecule has 0 unspecified atom stereocenters. The molecule has 0 bridgehead atoms. The van der Waals surface area contributed by atoms with Gasteiger partial charge < -0.3 is 10.2 Å². The first-order valence-corrected chi connectivity index (χ1v) is 16.0. The van der Waals surface area contributed by atoms with E-state index in [1.807, 2.05) is 61.5 Å². The molecule has 7 nitrogen and oxygen atoms in total. The normalized spacial score (nSPS) is 11.9. The molecule has 4 aromatic carbocycles. The molecular weight excluding hydrogens is 633 g/mol. The van der Waals surface area contributed by atoms with Crippen LogP contribution in [0.3, 0.4) is 0 Å². The van der Waals surface area contributed by atoms with E-state index in [0.29, 0.717) is 6.54 Å². The van der Waals surface area contributed by atoms with Crippen molar-refractivity contribution in [3.05, 3.63) is 130 Å². The average molecular weight is 667 g/mol. The highest BCUT2D eigenvalue weighted by Gasteiger charge is 2.34. The Kier molecular flexibility index (Phi) is 10.7. The van der Waals surface area contributed by atoms with Gasteiger partial charge in [0.15, 0.2) is 0 Å². The maximum atomic E-state index is 14.3. The van der Waals surface area contributed by atoms with Gasteiger partial charge in [0.2, 0.25) is 11.8 Å². The van der Waals surface area contributed by atoms with Crippen molar-refractivity contribution in [3.8, 4) is 0 Å². The minimum Gasteiger partial charge on any atom is -0.355 e. The SMILES string of the molecule is CCNC(=O)[C@@H](Cc1ccccc1)N(Cc1ccc(Br)cc1)C(=O)CN(c1ccc(C)cc1)S(=O)(=O)c1ccc(F)cc1. The molecule has 0 fully saturated rings. The lowest BCUT2D eigenvalue weighted by atomic mass is 10.0. The molecule has 0 saturated heterocycles. The third-order valence-corrected chi connectivity index (χ3v) is 9.21. The van der Waals surface area contributed by atoms with Gasteiger partial charge in [0.1, 0.15) is 18.4 Å². The molecule has 1 atom stereocenters. The van der Waals surface area contributed by atoms with E-state index in [9.17, 15) is 22.4 Å². The van der Waals surface area contributed by atoms with Gasteiger partial charge in [-0.3, -0.25) is 13.9 Å². The quantitative estimate of drug-likeness (QED) is 0.205. The number of benzene rings is 4. The van der Waals surface area contributed by atoms with E-state index in [1.165, 1.54) is 17.0 Å². The molecule has 10 heteroatoms. The lowest BCUT2D eigenvalue weighted by molar-refractivity contribution is -0.140. The summed E-state index contributed by atoms with van der Waals surface area (Å²) in [6.45, 7) is 3.52. The Morgan fingerprint density at radius 2 is 1.49 bits per heavy atom. The van der Waals surface area contributed by atoms with Gasteiger partial charge in [0, 0.05) is 24.0 Å². The molecule has 0 radical (unpaired) electrons. The monoisotopic (exact) mass is 665 g/mol. The van der Waals surface area contributed by atoms with Crippen LogP contribution in [0, 0.1) is 12.7 Å². The number of amides is 2. The van der Waals surface area contributed by atoms with Crippen molar-refractivity contribution >= 4 is 43.5 Å². The van der Waals surface area contributed by atoms with Gasteiger partial charge in [-0.25, -0.2) is 12.8 Å². The summed E-state index contributed by atoms with van der Waals surface area (Å²) in [4.78, 5) is 29.1. The van der Waals surface area contributed by atoms with Crippen LogP contribution in [0.15, 0.2) is 112 Å². The highest BCUT2D eigenvalue weighted by Crippen LogP contribution is 2.26. The van der Waals surface area contributed by atoms with E-state index in [-0.39, 0.29) is 29.5 Å². The fraction of sp³-hybridized carbons (Fsp3) is 0.212. The largest absolute Gasteiger partial charge is 0.355 e. The first-order valence-electron chi connectivity index (χ1n) is 13.8. The zero-order valence-electron chi connectivity index (χ0n) is 23.9. The van der Waals surface area contributed by atoms with Gasteiger partial charge in [-0.05, 0) is 73.5 Å². The number of likely N-dealkylation sites (N-methyl/N-ethyl adjacent to an activating group) is 1. The maximum absolute atomic E-state index is 14.3. The average Bonchev–Trinajstić information content (AvgIpc) is 3.00. The highest BCUT2D eigenvalue weighted by atomic mass is 79.9. The van der Waals surface area contributed by atoms with Crippen molar-refractivity contribution in [2.45, 2.75) is 37.8 Å². The van der Waals surface area contributed by atoms with E-state index in [2.05, 4.69) is 21.2 Å². The molecule has 0 aliphatic heterocycles. The number of halogens is 2. The lowest BCUT2D eigenvalue weighted by Gasteiger charge is -2.34. The van der Waals surface area contributed by atoms with Crippen molar-refractivity contribution in [1.82, 2.24) is 10.2 Å². The molecule has 0 aromatic heterocycles. The molecule has 0 spiro atoms. The third kappa shape index (κ3) is 8.30. The smallest absolute Gasteiger partial charge is 0.264 e. The van der Waals surface area contributed by atoms with E-state index in [4.69, 9.17) is 0 Å². The molecule has 0 aliphatic rings. The maximum Gasteiger partial charge on any atom is 0.264 e. The van der Waals surface area contributed by atoms with E-state index in [1.54, 1.807) is 31.2 Å². The number of nitrogens with one attached hydrogen (secondary N) is 1. The predicted molar refractivity (Wildman–Crippen MR) is 169 cm³/mol.